The van der Waals surface area contributed by atoms with Crippen molar-refractivity contribution in [3.8, 4) is 0 Å². The molecule has 0 saturated heterocycles. The molecule has 8 nitrogen and oxygen atoms in total. The lowest BCUT2D eigenvalue weighted by molar-refractivity contribution is 0.0683. The van der Waals surface area contributed by atoms with Crippen LogP contribution >= 0.6 is 0 Å². The number of carboxylic acid groups (broad SMARTS) is 2. The molecule has 2 N–H and O–H groups in total. The van der Waals surface area contributed by atoms with Crippen LogP contribution in [-0.2, 0) is 0 Å². The Balaban J connectivity index is 2.13. The van der Waals surface area contributed by atoms with Crippen LogP contribution in [-0.4, -0.2) is 31.5 Å². The Hall–Kier alpha value is -3.55. The number of nitrogens with zero attached hydrogens (tertiary/aromatic N) is 4. The van der Waals surface area contributed by atoms with Crippen LogP contribution in [0.25, 0.3) is 5.65 Å². The minimum atomic E-state index is -1.24. The molecule has 0 atom stereocenters. The summed E-state index contributed by atoms with van der Waals surface area (Å²) in [6.45, 7) is 0. The zero-order chi connectivity index (χ0) is 16.4. The van der Waals surface area contributed by atoms with Gasteiger partial charge in [-0.15, -0.1) is 10.2 Å². The quantitative estimate of drug-likeness (QED) is 0.718. The van der Waals surface area contributed by atoms with Gasteiger partial charge in [0.15, 0.2) is 11.5 Å². The first-order valence-corrected chi connectivity index (χ1v) is 6.52. The fourth-order valence-electron chi connectivity index (χ4n) is 2.06. The molecule has 0 aliphatic rings. The van der Waals surface area contributed by atoms with E-state index in [0.717, 1.165) is 0 Å². The van der Waals surface area contributed by atoms with Gasteiger partial charge in [0.25, 0.3) is 0 Å². The molecule has 0 aliphatic heterocycles. The van der Waals surface area contributed by atoms with E-state index < -0.39 is 11.9 Å². The van der Waals surface area contributed by atoms with E-state index in [1.54, 1.807) is 36.5 Å². The summed E-state index contributed by atoms with van der Waals surface area (Å²) >= 11 is 0. The van der Waals surface area contributed by atoms with E-state index in [1.807, 2.05) is 0 Å². The zero-order valence-electron chi connectivity index (χ0n) is 11.6. The zero-order valence-corrected chi connectivity index (χ0v) is 11.6. The molecule has 2 aromatic heterocycles. The van der Waals surface area contributed by atoms with E-state index in [9.17, 15) is 14.7 Å². The highest BCUT2D eigenvalue weighted by Gasteiger charge is 2.18. The van der Waals surface area contributed by atoms with Crippen LogP contribution in [0.15, 0.2) is 58.9 Å². The predicted molar refractivity (Wildman–Crippen MR) is 79.7 cm³/mol. The molecule has 0 unspecified atom stereocenters. The van der Waals surface area contributed by atoms with Crippen LogP contribution in [0.5, 0.6) is 0 Å². The molecule has 0 aliphatic carbocycles. The van der Waals surface area contributed by atoms with Crippen molar-refractivity contribution in [2.75, 3.05) is 0 Å². The number of benzene rings is 1. The predicted octanol–water partition coefficient (Wildman–Crippen LogP) is 3.15. The van der Waals surface area contributed by atoms with Gasteiger partial charge in [-0.3, -0.25) is 4.40 Å². The number of carbonyl (C=O) groups is 2. The monoisotopic (exact) mass is 310 g/mol. The minimum absolute atomic E-state index is 0.0216. The Morgan fingerprint density at radius 3 is 2.43 bits per heavy atom. The van der Waals surface area contributed by atoms with Crippen molar-refractivity contribution in [1.82, 2.24) is 9.38 Å². The molecule has 0 saturated carbocycles. The van der Waals surface area contributed by atoms with Gasteiger partial charge in [-0.05, 0) is 24.3 Å². The molecule has 1 aromatic carbocycles. The van der Waals surface area contributed by atoms with Crippen molar-refractivity contribution in [3.05, 3.63) is 59.9 Å². The third kappa shape index (κ3) is 2.64. The summed E-state index contributed by atoms with van der Waals surface area (Å²) in [5.74, 6) is -2.36. The summed E-state index contributed by atoms with van der Waals surface area (Å²) in [6.07, 6.45) is 1.60. The molecule has 0 bridgehead atoms. The van der Waals surface area contributed by atoms with Gasteiger partial charge in [-0.2, -0.15) is 0 Å². The average Bonchev–Trinajstić information content (AvgIpc) is 2.92. The van der Waals surface area contributed by atoms with Gasteiger partial charge >= 0.3 is 11.9 Å². The van der Waals surface area contributed by atoms with Gasteiger partial charge in [0, 0.05) is 6.20 Å². The molecule has 0 amide bonds. The third-order valence-corrected chi connectivity index (χ3v) is 3.09. The molecular weight excluding hydrogens is 300 g/mol. The Kier molecular flexibility index (Phi) is 3.55. The van der Waals surface area contributed by atoms with Gasteiger partial charge < -0.3 is 10.2 Å². The summed E-state index contributed by atoms with van der Waals surface area (Å²) in [5.41, 5.74) is 0.252. The van der Waals surface area contributed by atoms with Crippen molar-refractivity contribution < 1.29 is 19.8 Å². The lowest BCUT2D eigenvalue weighted by atomic mass is 10.2. The maximum Gasteiger partial charge on any atom is 0.358 e. The molecule has 0 fully saturated rings. The van der Waals surface area contributed by atoms with E-state index in [0.29, 0.717) is 5.65 Å². The van der Waals surface area contributed by atoms with Crippen molar-refractivity contribution in [2.24, 2.45) is 10.2 Å². The Labute approximate surface area is 129 Å². The number of imidazole rings is 1. The SMILES string of the molecule is O=C(O)c1ccccc1N=Nc1c(C(=O)O)nc2ccccn12. The molecule has 0 spiro atoms. The van der Waals surface area contributed by atoms with Gasteiger partial charge in [-0.1, -0.05) is 18.2 Å². The second-order valence-electron chi connectivity index (χ2n) is 4.54. The molecule has 3 rings (SSSR count). The smallest absolute Gasteiger partial charge is 0.358 e. The molecule has 114 valence electrons. The number of carboxylic acids is 2. The molecule has 0 radical (unpaired) electrons. The maximum absolute atomic E-state index is 11.3. The second kappa shape index (κ2) is 5.68. The van der Waals surface area contributed by atoms with Gasteiger partial charge in [0.2, 0.25) is 0 Å². The highest BCUT2D eigenvalue weighted by atomic mass is 16.4. The summed E-state index contributed by atoms with van der Waals surface area (Å²) in [7, 11) is 0. The normalized spacial score (nSPS) is 11.1. The fourth-order valence-corrected chi connectivity index (χ4v) is 2.06. The number of pyridine rings is 1. The summed E-state index contributed by atoms with van der Waals surface area (Å²) in [4.78, 5) is 26.4. The number of aromatic nitrogens is 2. The van der Waals surface area contributed by atoms with Crippen molar-refractivity contribution in [2.45, 2.75) is 0 Å². The van der Waals surface area contributed by atoms with E-state index >= 15 is 0 Å². The van der Waals surface area contributed by atoms with E-state index in [4.69, 9.17) is 5.11 Å². The van der Waals surface area contributed by atoms with Crippen molar-refractivity contribution >= 4 is 29.1 Å². The standard InChI is InChI=1S/C15H10N4O4/c20-14(21)9-5-1-2-6-10(9)17-18-13-12(15(22)23)16-11-7-3-4-8-19(11)13/h1-8H,(H,20,21)(H,22,23). The molecular formula is C15H10N4O4. The first-order chi connectivity index (χ1) is 11.1. The largest absolute Gasteiger partial charge is 0.478 e. The number of hydrogen-bond donors (Lipinski definition) is 2. The first-order valence-electron chi connectivity index (χ1n) is 6.52. The maximum atomic E-state index is 11.3. The number of fused-ring (bicyclic) bond motifs is 1. The van der Waals surface area contributed by atoms with Crippen LogP contribution < -0.4 is 0 Å². The first kappa shape index (κ1) is 14.4. The van der Waals surface area contributed by atoms with Crippen LogP contribution in [0, 0.1) is 0 Å². The van der Waals surface area contributed by atoms with Gasteiger partial charge in [0.1, 0.15) is 11.3 Å². The number of aromatic carboxylic acids is 2. The van der Waals surface area contributed by atoms with E-state index in [1.165, 1.54) is 16.5 Å². The molecule has 8 heteroatoms. The number of rotatable bonds is 4. The topological polar surface area (TPSA) is 117 Å². The second-order valence-corrected chi connectivity index (χ2v) is 4.54. The minimum Gasteiger partial charge on any atom is -0.478 e. The fraction of sp³-hybridized carbons (Fsp3) is 0. The van der Waals surface area contributed by atoms with Crippen LogP contribution in [0.1, 0.15) is 20.8 Å². The Morgan fingerprint density at radius 1 is 0.957 bits per heavy atom. The molecule has 2 heterocycles. The molecule has 23 heavy (non-hydrogen) atoms. The highest BCUT2D eigenvalue weighted by molar-refractivity contribution is 5.93. The Morgan fingerprint density at radius 2 is 1.70 bits per heavy atom. The van der Waals surface area contributed by atoms with Crippen LogP contribution in [0.3, 0.4) is 0 Å². The number of hydrogen-bond acceptors (Lipinski definition) is 5. The van der Waals surface area contributed by atoms with E-state index in [2.05, 4.69) is 15.2 Å². The van der Waals surface area contributed by atoms with E-state index in [-0.39, 0.29) is 22.8 Å². The van der Waals surface area contributed by atoms with Gasteiger partial charge in [0.05, 0.1) is 5.56 Å². The number of azo groups is 1. The van der Waals surface area contributed by atoms with Crippen LogP contribution in [0.2, 0.25) is 0 Å². The molecule has 3 aromatic rings. The van der Waals surface area contributed by atoms with Gasteiger partial charge in [-0.25, -0.2) is 14.6 Å². The summed E-state index contributed by atoms with van der Waals surface area (Å²) in [5, 5.41) is 26.2. The van der Waals surface area contributed by atoms with Crippen molar-refractivity contribution in [1.29, 1.82) is 0 Å². The summed E-state index contributed by atoms with van der Waals surface area (Å²) < 4.78 is 1.47. The Bertz CT molecular complexity index is 946. The average molecular weight is 310 g/mol. The highest BCUT2D eigenvalue weighted by Crippen LogP contribution is 2.26. The third-order valence-electron chi connectivity index (χ3n) is 3.09. The lowest BCUT2D eigenvalue weighted by Gasteiger charge is -1.99. The van der Waals surface area contributed by atoms with Crippen molar-refractivity contribution in [3.63, 3.8) is 0 Å². The van der Waals surface area contributed by atoms with Crippen LogP contribution in [0.4, 0.5) is 11.5 Å². The summed E-state index contributed by atoms with van der Waals surface area (Å²) in [6, 6.07) is 11.1. The lowest BCUT2D eigenvalue weighted by Crippen LogP contribution is -1.97.